The minimum Gasteiger partial charge on any atom is -0.465 e. The van der Waals surface area contributed by atoms with Gasteiger partial charge in [-0.3, -0.25) is 4.79 Å². The Kier molecular flexibility index (Phi) is 9.23. The van der Waals surface area contributed by atoms with Crippen LogP contribution in [0.15, 0.2) is 66.7 Å². The van der Waals surface area contributed by atoms with Gasteiger partial charge in [0.1, 0.15) is 30.1 Å². The Morgan fingerprint density at radius 3 is 2.51 bits per heavy atom. The summed E-state index contributed by atoms with van der Waals surface area (Å²) < 4.78 is 48.2. The van der Waals surface area contributed by atoms with E-state index in [1.807, 2.05) is 30.3 Å². The third kappa shape index (κ3) is 7.13. The van der Waals surface area contributed by atoms with Crippen molar-refractivity contribution in [1.82, 2.24) is 14.8 Å². The summed E-state index contributed by atoms with van der Waals surface area (Å²) in [6, 6.07) is 16.2. The van der Waals surface area contributed by atoms with Crippen molar-refractivity contribution in [3.05, 3.63) is 95.2 Å². The maximum absolute atomic E-state index is 14.4. The summed E-state index contributed by atoms with van der Waals surface area (Å²) in [6.07, 6.45) is -1.30. The molecule has 0 spiro atoms. The van der Waals surface area contributed by atoms with Crippen molar-refractivity contribution in [1.29, 1.82) is 0 Å². The number of carboxylic acid groups (broad SMARTS) is 1. The maximum Gasteiger partial charge on any atom is 0.410 e. The summed E-state index contributed by atoms with van der Waals surface area (Å²) >= 11 is 0. The number of carbonyl (C=O) groups is 3. The molecule has 2 aliphatic heterocycles. The second-order valence-corrected chi connectivity index (χ2v) is 11.8. The van der Waals surface area contributed by atoms with Crippen molar-refractivity contribution in [2.24, 2.45) is 0 Å². The van der Waals surface area contributed by atoms with Gasteiger partial charge < -0.3 is 35.3 Å². The number of nitrogens with one attached hydrogen (secondary N) is 3. The number of likely N-dealkylation sites (tertiary alicyclic amines) is 2. The van der Waals surface area contributed by atoms with Crippen LogP contribution in [-0.4, -0.2) is 75.9 Å². The molecule has 0 aliphatic carbocycles. The summed E-state index contributed by atoms with van der Waals surface area (Å²) in [6.45, 7) is 0.409. The van der Waals surface area contributed by atoms with Gasteiger partial charge in [0, 0.05) is 36.5 Å². The van der Waals surface area contributed by atoms with E-state index in [-0.39, 0.29) is 50.0 Å². The Balaban J connectivity index is 1.22. The number of ether oxygens (including phenoxy) is 1. The fourth-order valence-corrected chi connectivity index (χ4v) is 6.43. The number of hydrogen-bond donors (Lipinski definition) is 4. The van der Waals surface area contributed by atoms with Gasteiger partial charge in [0.25, 0.3) is 5.91 Å². The van der Waals surface area contributed by atoms with E-state index in [9.17, 15) is 32.7 Å². The Morgan fingerprint density at radius 2 is 1.72 bits per heavy atom. The summed E-state index contributed by atoms with van der Waals surface area (Å²) in [5.74, 6) is -1.76. The van der Waals surface area contributed by atoms with Crippen LogP contribution in [0.4, 0.5) is 34.1 Å². The van der Waals surface area contributed by atoms with E-state index in [2.05, 4.69) is 15.6 Å². The number of alkyl halides is 1. The predicted octanol–water partition coefficient (Wildman–Crippen LogP) is 6.54. The van der Waals surface area contributed by atoms with Crippen molar-refractivity contribution in [2.75, 3.05) is 30.3 Å². The zero-order valence-corrected chi connectivity index (χ0v) is 25.3. The van der Waals surface area contributed by atoms with Gasteiger partial charge >= 0.3 is 12.2 Å². The van der Waals surface area contributed by atoms with Crippen LogP contribution in [0.2, 0.25) is 0 Å². The quantitative estimate of drug-likeness (QED) is 0.163. The first-order valence-electron chi connectivity index (χ1n) is 15.4. The molecule has 2 aliphatic rings. The van der Waals surface area contributed by atoms with E-state index in [0.717, 1.165) is 23.0 Å². The van der Waals surface area contributed by atoms with Crippen molar-refractivity contribution in [3.63, 3.8) is 0 Å². The second kappa shape index (κ2) is 13.7. The number of fused-ring (bicyclic) bond motifs is 1. The largest absolute Gasteiger partial charge is 0.465 e. The van der Waals surface area contributed by atoms with Gasteiger partial charge in [-0.05, 0) is 66.8 Å². The van der Waals surface area contributed by atoms with Gasteiger partial charge in [-0.2, -0.15) is 0 Å². The molecule has 6 rings (SSSR count). The van der Waals surface area contributed by atoms with Gasteiger partial charge in [-0.1, -0.05) is 30.3 Å². The lowest BCUT2D eigenvalue weighted by Gasteiger charge is -2.24. The van der Waals surface area contributed by atoms with E-state index < -0.39 is 41.9 Å². The molecule has 1 unspecified atom stereocenters. The fourth-order valence-electron chi connectivity index (χ4n) is 6.43. The minimum absolute atomic E-state index is 0.00908. The molecule has 10 nitrogen and oxygen atoms in total. The summed E-state index contributed by atoms with van der Waals surface area (Å²) in [5, 5.41) is 15.8. The van der Waals surface area contributed by atoms with Gasteiger partial charge in [0.2, 0.25) is 0 Å². The van der Waals surface area contributed by atoms with E-state index in [1.54, 1.807) is 11.0 Å². The molecule has 246 valence electrons. The number of aromatic amines is 1. The smallest absolute Gasteiger partial charge is 0.410 e. The average Bonchev–Trinajstić information content (AvgIpc) is 3.77. The van der Waals surface area contributed by atoms with Crippen molar-refractivity contribution in [2.45, 2.75) is 50.5 Å². The molecule has 0 radical (unpaired) electrons. The van der Waals surface area contributed by atoms with Gasteiger partial charge in [-0.15, -0.1) is 0 Å². The molecule has 0 saturated carbocycles. The third-order valence-corrected chi connectivity index (χ3v) is 8.72. The number of nitrogens with zero attached hydrogens (tertiary/aromatic N) is 2. The van der Waals surface area contributed by atoms with Crippen LogP contribution < -0.4 is 10.6 Å². The summed E-state index contributed by atoms with van der Waals surface area (Å²) in [5.41, 5.74) is 2.31. The fraction of sp³-hybridized carbons (Fsp3) is 0.324. The van der Waals surface area contributed by atoms with Crippen LogP contribution in [0.1, 0.15) is 40.9 Å². The lowest BCUT2D eigenvalue weighted by Crippen LogP contribution is -2.38. The van der Waals surface area contributed by atoms with Gasteiger partial charge in [0.15, 0.2) is 0 Å². The number of hydrogen-bond acceptors (Lipinski definition) is 5. The Bertz CT molecular complexity index is 1780. The molecular weight excluding hydrogens is 615 g/mol. The molecule has 1 aromatic heterocycles. The molecule has 2 fully saturated rings. The third-order valence-electron chi connectivity index (χ3n) is 8.72. The van der Waals surface area contributed by atoms with E-state index in [0.29, 0.717) is 35.1 Å². The number of carbonyl (C=O) groups excluding carboxylic acids is 2. The van der Waals surface area contributed by atoms with E-state index >= 15 is 0 Å². The number of benzene rings is 3. The molecule has 3 aromatic carbocycles. The highest BCUT2D eigenvalue weighted by atomic mass is 19.1. The highest BCUT2D eigenvalue weighted by molar-refractivity contribution is 6.09. The van der Waals surface area contributed by atoms with E-state index in [1.165, 1.54) is 24.3 Å². The normalized spacial score (nSPS) is 19.3. The molecule has 2 saturated heterocycles. The number of anilines is 2. The number of H-pyrrole nitrogens is 1. The highest BCUT2D eigenvalue weighted by Crippen LogP contribution is 2.31. The SMILES string of the molecule is O=C(Nc1cc(F)ccc1NC[C@@H]1C[C@H](F)CN1C(=O)O)c1[nH]c2cc(F)ccc2c1CC1CCCN1C(=O)OCc1ccccc1. The van der Waals surface area contributed by atoms with Crippen molar-refractivity contribution < 1.29 is 37.4 Å². The van der Waals surface area contributed by atoms with Crippen LogP contribution >= 0.6 is 0 Å². The van der Waals surface area contributed by atoms with Gasteiger partial charge in [0.05, 0.1) is 24.0 Å². The van der Waals surface area contributed by atoms with Crippen molar-refractivity contribution >= 4 is 40.4 Å². The van der Waals surface area contributed by atoms with Crippen LogP contribution in [0, 0.1) is 11.6 Å². The monoisotopic (exact) mass is 649 g/mol. The summed E-state index contributed by atoms with van der Waals surface area (Å²) in [7, 11) is 0. The molecule has 4 aromatic rings. The average molecular weight is 650 g/mol. The second-order valence-electron chi connectivity index (χ2n) is 11.8. The zero-order valence-electron chi connectivity index (χ0n) is 25.3. The number of amides is 3. The number of rotatable bonds is 9. The van der Waals surface area contributed by atoms with Gasteiger partial charge in [-0.25, -0.2) is 22.8 Å². The maximum atomic E-state index is 14.4. The predicted molar refractivity (Wildman–Crippen MR) is 169 cm³/mol. The zero-order chi connectivity index (χ0) is 33.1. The first-order chi connectivity index (χ1) is 22.7. The number of halogens is 3. The Morgan fingerprint density at radius 1 is 0.957 bits per heavy atom. The Hall–Kier alpha value is -5.20. The molecule has 13 heteroatoms. The molecule has 0 bridgehead atoms. The molecule has 4 N–H and O–H groups in total. The topological polar surface area (TPSA) is 127 Å². The highest BCUT2D eigenvalue weighted by Gasteiger charge is 2.36. The molecule has 3 atom stereocenters. The summed E-state index contributed by atoms with van der Waals surface area (Å²) in [4.78, 5) is 44.1. The van der Waals surface area contributed by atoms with Crippen molar-refractivity contribution in [3.8, 4) is 0 Å². The lowest BCUT2D eigenvalue weighted by molar-refractivity contribution is 0.0921. The van der Waals surface area contributed by atoms with E-state index in [4.69, 9.17) is 4.74 Å². The molecular formula is C34H34F3N5O5. The van der Waals surface area contributed by atoms with Crippen LogP contribution in [-0.2, 0) is 17.8 Å². The molecule has 3 heterocycles. The van der Waals surface area contributed by atoms with Crippen LogP contribution in [0.5, 0.6) is 0 Å². The minimum atomic E-state index is -1.29. The Labute approximate surface area is 268 Å². The first kappa shape index (κ1) is 31.8. The van der Waals surface area contributed by atoms with Crippen LogP contribution in [0.25, 0.3) is 10.9 Å². The molecule has 3 amide bonds. The first-order valence-corrected chi connectivity index (χ1v) is 15.4. The standard InChI is InChI=1S/C34H34F3N5O5/c35-21-8-10-26-27(16-24-7-4-12-41(24)34(46)47-19-20-5-2-1-3-6-20)31(39-29(26)14-21)32(43)40-30-15-22(36)9-11-28(30)38-17-25-13-23(37)18-42(25)33(44)45/h1-3,5-6,8-11,14-15,23-25,38-39H,4,7,12-13,16-19H2,(H,40,43)(H,44,45)/t23-,24?,25-/m0/s1. The number of aromatic nitrogens is 1. The van der Waals surface area contributed by atoms with Crippen LogP contribution in [0.3, 0.4) is 0 Å². The lowest BCUT2D eigenvalue weighted by atomic mass is 10.00. The molecule has 47 heavy (non-hydrogen) atoms.